The van der Waals surface area contributed by atoms with Crippen molar-refractivity contribution < 1.29 is 23.4 Å². The summed E-state index contributed by atoms with van der Waals surface area (Å²) in [6.07, 6.45) is 0.225. The number of benzene rings is 1. The number of carbonyl (C=O) groups is 1. The van der Waals surface area contributed by atoms with E-state index in [2.05, 4.69) is 5.32 Å². The molecule has 0 heterocycles. The number of hydrogen-bond donors (Lipinski definition) is 1. The summed E-state index contributed by atoms with van der Waals surface area (Å²) < 4.78 is 28.6. The van der Waals surface area contributed by atoms with Gasteiger partial charge in [0.05, 0.1) is 20.5 Å². The third-order valence-corrected chi connectivity index (χ3v) is 2.86. The van der Waals surface area contributed by atoms with Crippen LogP contribution in [0.25, 0.3) is 0 Å². The van der Waals surface area contributed by atoms with Crippen LogP contribution in [0.2, 0.25) is 0 Å². The summed E-state index contributed by atoms with van der Waals surface area (Å²) in [7, 11) is 3.10. The van der Waals surface area contributed by atoms with Crippen molar-refractivity contribution in [2.24, 2.45) is 0 Å². The number of halogens is 1. The van der Waals surface area contributed by atoms with E-state index in [1.807, 2.05) is 0 Å². The maximum absolute atomic E-state index is 13.1. The number of amides is 1. The van der Waals surface area contributed by atoms with Gasteiger partial charge in [0.1, 0.15) is 17.1 Å². The lowest BCUT2D eigenvalue weighted by atomic mass is 10.1. The summed E-state index contributed by atoms with van der Waals surface area (Å²) in [6, 6.07) is 5.32. The predicted molar refractivity (Wildman–Crippen MR) is 86.7 cm³/mol. The van der Waals surface area contributed by atoms with Crippen molar-refractivity contribution in [1.29, 1.82) is 0 Å². The summed E-state index contributed by atoms with van der Waals surface area (Å²) in [5, 5.41) is 2.54. The highest BCUT2D eigenvalue weighted by molar-refractivity contribution is 5.68. The minimum absolute atomic E-state index is 0.0605. The van der Waals surface area contributed by atoms with Gasteiger partial charge in [-0.3, -0.25) is 0 Å². The minimum Gasteiger partial charge on any atom is -0.497 e. The van der Waals surface area contributed by atoms with Crippen molar-refractivity contribution in [3.8, 4) is 11.5 Å². The molecule has 0 atom stereocenters. The molecular weight excluding hydrogens is 301 g/mol. The van der Waals surface area contributed by atoms with Crippen molar-refractivity contribution in [3.63, 3.8) is 0 Å². The zero-order chi connectivity index (χ0) is 17.5. The summed E-state index contributed by atoms with van der Waals surface area (Å²) in [6.45, 7) is 5.36. The Kier molecular flexibility index (Phi) is 6.88. The Morgan fingerprint density at radius 1 is 1.17 bits per heavy atom. The first kappa shape index (κ1) is 18.8. The molecule has 6 heteroatoms. The van der Waals surface area contributed by atoms with E-state index < -0.39 is 11.7 Å². The van der Waals surface area contributed by atoms with Crippen molar-refractivity contribution in [1.82, 2.24) is 5.32 Å². The van der Waals surface area contributed by atoms with Crippen LogP contribution in [0.3, 0.4) is 0 Å². The molecule has 1 N–H and O–H groups in total. The van der Waals surface area contributed by atoms with Crippen LogP contribution >= 0.6 is 0 Å². The fourth-order valence-corrected chi connectivity index (χ4v) is 1.87. The zero-order valence-electron chi connectivity index (χ0n) is 14.2. The van der Waals surface area contributed by atoms with E-state index in [-0.39, 0.29) is 6.54 Å². The van der Waals surface area contributed by atoms with Gasteiger partial charge in [-0.1, -0.05) is 0 Å². The average molecular weight is 325 g/mol. The number of rotatable bonds is 6. The van der Waals surface area contributed by atoms with Crippen LogP contribution in [0.4, 0.5) is 9.18 Å². The highest BCUT2D eigenvalue weighted by Gasteiger charge is 2.16. The van der Waals surface area contributed by atoms with Gasteiger partial charge in [0, 0.05) is 12.6 Å². The van der Waals surface area contributed by atoms with Gasteiger partial charge in [0.25, 0.3) is 0 Å². The van der Waals surface area contributed by atoms with Crippen LogP contribution in [0.1, 0.15) is 26.3 Å². The fraction of sp³-hybridized carbons (Fsp3) is 0.471. The molecule has 0 bridgehead atoms. The largest absolute Gasteiger partial charge is 0.497 e. The van der Waals surface area contributed by atoms with E-state index in [0.717, 1.165) is 5.56 Å². The molecule has 1 aromatic carbocycles. The van der Waals surface area contributed by atoms with Crippen LogP contribution in [-0.2, 0) is 11.2 Å². The van der Waals surface area contributed by atoms with Gasteiger partial charge < -0.3 is 19.5 Å². The van der Waals surface area contributed by atoms with Gasteiger partial charge in [-0.2, -0.15) is 0 Å². The number of ether oxygens (including phenoxy) is 3. The lowest BCUT2D eigenvalue weighted by Crippen LogP contribution is -2.33. The number of hydrogen-bond acceptors (Lipinski definition) is 4. The van der Waals surface area contributed by atoms with Crippen molar-refractivity contribution >= 4 is 6.09 Å². The van der Waals surface area contributed by atoms with Gasteiger partial charge in [-0.15, -0.1) is 0 Å². The fourth-order valence-electron chi connectivity index (χ4n) is 1.87. The molecule has 1 rings (SSSR count). The first-order chi connectivity index (χ1) is 10.8. The molecule has 0 spiro atoms. The first-order valence-electron chi connectivity index (χ1n) is 7.24. The van der Waals surface area contributed by atoms with Crippen molar-refractivity contribution in [3.05, 3.63) is 35.7 Å². The second-order valence-corrected chi connectivity index (χ2v) is 6.02. The second kappa shape index (κ2) is 8.41. The average Bonchev–Trinajstić information content (AvgIpc) is 2.49. The molecule has 5 nitrogen and oxygen atoms in total. The number of nitrogens with one attached hydrogen (secondary N) is 1. The maximum atomic E-state index is 13.1. The molecule has 0 fully saturated rings. The number of methoxy groups -OCH3 is 2. The molecule has 0 radical (unpaired) electrons. The highest BCUT2D eigenvalue weighted by Crippen LogP contribution is 2.24. The standard InChI is InChI=1S/C17H24FNO4/c1-17(2,3)23-16(20)19-11-13(10-18)6-12-7-14(21-4)9-15(8-12)22-5/h7-10H,6,11H2,1-5H3,(H,19,20)/b13-10-. The van der Waals surface area contributed by atoms with Crippen LogP contribution in [0.15, 0.2) is 30.1 Å². The molecule has 0 aliphatic rings. The molecule has 0 saturated carbocycles. The lowest BCUT2D eigenvalue weighted by molar-refractivity contribution is 0.0532. The molecule has 0 aromatic heterocycles. The predicted octanol–water partition coefficient (Wildman–Crippen LogP) is 3.62. The van der Waals surface area contributed by atoms with E-state index in [1.165, 1.54) is 0 Å². The Morgan fingerprint density at radius 3 is 2.17 bits per heavy atom. The SMILES string of the molecule is COc1cc(C/C(=C/F)CNC(=O)OC(C)(C)C)cc(OC)c1. The topological polar surface area (TPSA) is 56.8 Å². The quantitative estimate of drug-likeness (QED) is 0.868. The van der Waals surface area contributed by atoms with Gasteiger partial charge in [0.2, 0.25) is 0 Å². The van der Waals surface area contributed by atoms with Crippen LogP contribution in [0.5, 0.6) is 11.5 Å². The van der Waals surface area contributed by atoms with Crippen LogP contribution in [-0.4, -0.2) is 32.5 Å². The Labute approximate surface area is 136 Å². The van der Waals surface area contributed by atoms with Crippen LogP contribution in [0, 0.1) is 0 Å². The first-order valence-corrected chi connectivity index (χ1v) is 7.24. The molecule has 0 aliphatic carbocycles. The zero-order valence-corrected chi connectivity index (χ0v) is 14.2. The van der Waals surface area contributed by atoms with Gasteiger partial charge >= 0.3 is 6.09 Å². The molecule has 0 unspecified atom stereocenters. The van der Waals surface area contributed by atoms with E-state index in [1.54, 1.807) is 53.2 Å². The van der Waals surface area contributed by atoms with Crippen LogP contribution < -0.4 is 14.8 Å². The molecule has 128 valence electrons. The smallest absolute Gasteiger partial charge is 0.407 e. The molecule has 0 aliphatic heterocycles. The summed E-state index contributed by atoms with van der Waals surface area (Å²) in [4.78, 5) is 11.6. The minimum atomic E-state index is -0.593. The summed E-state index contributed by atoms with van der Waals surface area (Å²) in [5.41, 5.74) is 0.631. The lowest BCUT2D eigenvalue weighted by Gasteiger charge is -2.20. The second-order valence-electron chi connectivity index (χ2n) is 6.02. The normalized spacial score (nSPS) is 11.8. The van der Waals surface area contributed by atoms with Crippen molar-refractivity contribution in [2.75, 3.05) is 20.8 Å². The monoisotopic (exact) mass is 325 g/mol. The van der Waals surface area contributed by atoms with E-state index in [9.17, 15) is 9.18 Å². The third-order valence-electron chi connectivity index (χ3n) is 2.86. The highest BCUT2D eigenvalue weighted by atomic mass is 19.1. The van der Waals surface area contributed by atoms with E-state index in [0.29, 0.717) is 29.8 Å². The summed E-state index contributed by atoms with van der Waals surface area (Å²) in [5.74, 6) is 1.25. The Hall–Kier alpha value is -2.24. The summed E-state index contributed by atoms with van der Waals surface area (Å²) >= 11 is 0. The Balaban J connectivity index is 2.69. The van der Waals surface area contributed by atoms with Gasteiger partial charge in [0.15, 0.2) is 0 Å². The van der Waals surface area contributed by atoms with E-state index >= 15 is 0 Å². The van der Waals surface area contributed by atoms with Crippen molar-refractivity contribution in [2.45, 2.75) is 32.8 Å². The van der Waals surface area contributed by atoms with Gasteiger partial charge in [-0.25, -0.2) is 9.18 Å². The number of alkyl carbamates (subject to hydrolysis) is 1. The molecular formula is C17H24FNO4. The molecule has 0 saturated heterocycles. The molecule has 1 amide bonds. The van der Waals surface area contributed by atoms with Gasteiger partial charge in [-0.05, 0) is 50.5 Å². The van der Waals surface area contributed by atoms with E-state index in [4.69, 9.17) is 14.2 Å². The Bertz CT molecular complexity index is 542. The molecule has 23 heavy (non-hydrogen) atoms. The number of carbonyl (C=O) groups excluding carboxylic acids is 1. The maximum Gasteiger partial charge on any atom is 0.407 e. The Morgan fingerprint density at radius 2 is 1.74 bits per heavy atom. The molecule has 1 aromatic rings. The third kappa shape index (κ3) is 7.04.